The summed E-state index contributed by atoms with van der Waals surface area (Å²) in [5.41, 5.74) is 5.32. The Balaban J connectivity index is 1.33. The number of H-pyrrole nitrogens is 2. The first-order valence-corrected chi connectivity index (χ1v) is 9.31. The minimum atomic E-state index is -0.227. The van der Waals surface area contributed by atoms with Gasteiger partial charge in [-0.3, -0.25) is 4.79 Å². The van der Waals surface area contributed by atoms with Crippen molar-refractivity contribution in [2.24, 2.45) is 0 Å². The molecule has 1 amide bonds. The molecule has 3 N–H and O–H groups in total. The molecule has 0 fully saturated rings. The second-order valence-electron chi connectivity index (χ2n) is 7.32. The van der Waals surface area contributed by atoms with Crippen molar-refractivity contribution < 1.29 is 9.18 Å². The van der Waals surface area contributed by atoms with Crippen LogP contribution in [-0.2, 0) is 24.1 Å². The zero-order chi connectivity index (χ0) is 18.4. The number of amides is 1. The van der Waals surface area contributed by atoms with Gasteiger partial charge in [0.25, 0.3) is 0 Å². The normalized spacial score (nSPS) is 16.6. The lowest BCUT2D eigenvalue weighted by Crippen LogP contribution is -2.39. The fourth-order valence-electron chi connectivity index (χ4n) is 4.24. The zero-order valence-electron chi connectivity index (χ0n) is 14.8. The molecule has 1 aliphatic rings. The number of hydrogen-bond acceptors (Lipinski definition) is 1. The monoisotopic (exact) mass is 361 g/mol. The summed E-state index contributed by atoms with van der Waals surface area (Å²) < 4.78 is 13.6. The fourth-order valence-corrected chi connectivity index (χ4v) is 4.24. The highest BCUT2D eigenvalue weighted by Gasteiger charge is 2.24. The van der Waals surface area contributed by atoms with E-state index in [0.717, 1.165) is 57.9 Å². The summed E-state index contributed by atoms with van der Waals surface area (Å²) in [5, 5.41) is 5.19. The molecule has 0 aliphatic heterocycles. The van der Waals surface area contributed by atoms with Crippen LogP contribution in [0.4, 0.5) is 4.39 Å². The van der Waals surface area contributed by atoms with E-state index in [-0.39, 0.29) is 17.8 Å². The minimum Gasteiger partial charge on any atom is -0.361 e. The molecule has 1 unspecified atom stereocenters. The van der Waals surface area contributed by atoms with Crippen molar-refractivity contribution >= 4 is 27.7 Å². The van der Waals surface area contributed by atoms with Crippen LogP contribution in [0, 0.1) is 5.82 Å². The Bertz CT molecular complexity index is 1160. The van der Waals surface area contributed by atoms with Gasteiger partial charge in [-0.1, -0.05) is 18.2 Å². The number of nitrogens with one attached hydrogen (secondary N) is 3. The molecule has 4 nitrogen and oxygen atoms in total. The van der Waals surface area contributed by atoms with Gasteiger partial charge in [-0.05, 0) is 54.7 Å². The number of carbonyl (C=O) groups excluding carboxylic acids is 1. The molecule has 4 aromatic rings. The van der Waals surface area contributed by atoms with Crippen molar-refractivity contribution in [3.8, 4) is 0 Å². The van der Waals surface area contributed by atoms with E-state index in [1.807, 2.05) is 30.5 Å². The van der Waals surface area contributed by atoms with Crippen molar-refractivity contribution in [2.45, 2.75) is 31.7 Å². The van der Waals surface area contributed by atoms with Crippen LogP contribution < -0.4 is 5.32 Å². The van der Waals surface area contributed by atoms with Crippen LogP contribution in [0.15, 0.2) is 48.7 Å². The highest BCUT2D eigenvalue weighted by atomic mass is 19.1. The minimum absolute atomic E-state index is 0.0271. The Kier molecular flexibility index (Phi) is 3.74. The van der Waals surface area contributed by atoms with Gasteiger partial charge in [0.05, 0.1) is 6.42 Å². The molecular formula is C22H20FN3O. The fraction of sp³-hybridized carbons (Fsp3) is 0.227. The first-order valence-electron chi connectivity index (χ1n) is 9.31. The van der Waals surface area contributed by atoms with Gasteiger partial charge < -0.3 is 15.3 Å². The molecule has 0 saturated carbocycles. The van der Waals surface area contributed by atoms with Crippen LogP contribution in [0.25, 0.3) is 21.8 Å². The molecular weight excluding hydrogens is 341 g/mol. The first kappa shape index (κ1) is 16.1. The molecule has 27 heavy (non-hydrogen) atoms. The third-order valence-corrected chi connectivity index (χ3v) is 5.54. The molecule has 2 aromatic carbocycles. The maximum atomic E-state index is 13.6. The lowest BCUT2D eigenvalue weighted by Gasteiger charge is -2.23. The number of halogens is 1. The number of aromatic nitrogens is 2. The second kappa shape index (κ2) is 6.27. The summed E-state index contributed by atoms with van der Waals surface area (Å²) >= 11 is 0. The average Bonchev–Trinajstić information content (AvgIpc) is 3.23. The van der Waals surface area contributed by atoms with E-state index in [0.29, 0.717) is 6.42 Å². The molecule has 0 bridgehead atoms. The van der Waals surface area contributed by atoms with E-state index in [1.54, 1.807) is 12.1 Å². The Hall–Kier alpha value is -3.08. The van der Waals surface area contributed by atoms with Crippen molar-refractivity contribution in [1.29, 1.82) is 0 Å². The Morgan fingerprint density at radius 1 is 1.15 bits per heavy atom. The molecule has 5 rings (SSSR count). The van der Waals surface area contributed by atoms with E-state index >= 15 is 0 Å². The number of aryl methyl sites for hydroxylation is 1. The number of fused-ring (bicyclic) bond motifs is 4. The standard InChI is InChI=1S/C22H20FN3O/c23-14-5-7-20-17(10-14)18-11-15(6-8-21(18)26-20)25-22(27)9-13-12-24-19-4-2-1-3-16(13)19/h1-5,7,10,12,15,24,26H,6,8-9,11H2,(H,25,27). The summed E-state index contributed by atoms with van der Waals surface area (Å²) in [6.45, 7) is 0. The molecule has 0 radical (unpaired) electrons. The van der Waals surface area contributed by atoms with Crippen LogP contribution in [0.5, 0.6) is 0 Å². The Morgan fingerprint density at radius 3 is 2.96 bits per heavy atom. The number of hydrogen-bond donors (Lipinski definition) is 3. The van der Waals surface area contributed by atoms with Crippen molar-refractivity contribution in [1.82, 2.24) is 15.3 Å². The highest BCUT2D eigenvalue weighted by Crippen LogP contribution is 2.30. The molecule has 0 spiro atoms. The number of rotatable bonds is 3. The van der Waals surface area contributed by atoms with Gasteiger partial charge in [0, 0.05) is 39.7 Å². The average molecular weight is 361 g/mol. The number of benzene rings is 2. The van der Waals surface area contributed by atoms with E-state index in [9.17, 15) is 9.18 Å². The van der Waals surface area contributed by atoms with E-state index in [2.05, 4.69) is 15.3 Å². The summed E-state index contributed by atoms with van der Waals surface area (Å²) in [6, 6.07) is 12.9. The summed E-state index contributed by atoms with van der Waals surface area (Å²) in [7, 11) is 0. The van der Waals surface area contributed by atoms with Gasteiger partial charge in [-0.2, -0.15) is 0 Å². The zero-order valence-corrected chi connectivity index (χ0v) is 14.8. The van der Waals surface area contributed by atoms with Crippen molar-refractivity contribution in [2.75, 3.05) is 0 Å². The van der Waals surface area contributed by atoms with E-state index in [1.165, 1.54) is 6.07 Å². The van der Waals surface area contributed by atoms with Crippen LogP contribution in [-0.4, -0.2) is 21.9 Å². The summed E-state index contributed by atoms with van der Waals surface area (Å²) in [6.07, 6.45) is 4.76. The molecule has 136 valence electrons. The van der Waals surface area contributed by atoms with Crippen molar-refractivity contribution in [3.63, 3.8) is 0 Å². The Morgan fingerprint density at radius 2 is 2.04 bits per heavy atom. The maximum absolute atomic E-state index is 13.6. The van der Waals surface area contributed by atoms with Gasteiger partial charge >= 0.3 is 0 Å². The van der Waals surface area contributed by atoms with Gasteiger partial charge in [0.1, 0.15) is 5.82 Å². The van der Waals surface area contributed by atoms with E-state index in [4.69, 9.17) is 0 Å². The summed E-state index contributed by atoms with van der Waals surface area (Å²) in [5.74, 6) is -0.200. The molecule has 1 atom stereocenters. The third-order valence-electron chi connectivity index (χ3n) is 5.54. The number of aromatic amines is 2. The SMILES string of the molecule is O=C(Cc1c[nH]c2ccccc12)NC1CCc2[nH]c3ccc(F)cc3c2C1. The lowest BCUT2D eigenvalue weighted by molar-refractivity contribution is -0.121. The van der Waals surface area contributed by atoms with Gasteiger partial charge in [0.2, 0.25) is 5.91 Å². The number of para-hydroxylation sites is 1. The van der Waals surface area contributed by atoms with Crippen molar-refractivity contribution in [3.05, 3.63) is 71.3 Å². The van der Waals surface area contributed by atoms with Gasteiger partial charge in [-0.15, -0.1) is 0 Å². The third kappa shape index (κ3) is 2.89. The lowest BCUT2D eigenvalue weighted by atomic mass is 9.91. The second-order valence-corrected chi connectivity index (χ2v) is 7.32. The quantitative estimate of drug-likeness (QED) is 0.507. The smallest absolute Gasteiger partial charge is 0.224 e. The first-order chi connectivity index (χ1) is 13.2. The van der Waals surface area contributed by atoms with Crippen LogP contribution in [0.3, 0.4) is 0 Å². The van der Waals surface area contributed by atoms with Crippen LogP contribution in [0.1, 0.15) is 23.2 Å². The molecule has 1 aliphatic carbocycles. The summed E-state index contributed by atoms with van der Waals surface area (Å²) in [4.78, 5) is 19.2. The Labute approximate surface area is 155 Å². The highest BCUT2D eigenvalue weighted by molar-refractivity contribution is 5.89. The molecule has 2 aromatic heterocycles. The predicted octanol–water partition coefficient (Wildman–Crippen LogP) is 4.00. The van der Waals surface area contributed by atoms with Crippen LogP contribution in [0.2, 0.25) is 0 Å². The maximum Gasteiger partial charge on any atom is 0.224 e. The largest absolute Gasteiger partial charge is 0.361 e. The topological polar surface area (TPSA) is 60.7 Å². The number of carbonyl (C=O) groups is 1. The predicted molar refractivity (Wildman–Crippen MR) is 104 cm³/mol. The molecule has 2 heterocycles. The molecule has 0 saturated heterocycles. The van der Waals surface area contributed by atoms with Gasteiger partial charge in [-0.25, -0.2) is 4.39 Å². The van der Waals surface area contributed by atoms with Crippen LogP contribution >= 0.6 is 0 Å². The van der Waals surface area contributed by atoms with E-state index < -0.39 is 0 Å². The molecule has 5 heteroatoms. The van der Waals surface area contributed by atoms with Gasteiger partial charge in [0.15, 0.2) is 0 Å².